The summed E-state index contributed by atoms with van der Waals surface area (Å²) in [5.74, 6) is -1.20. The monoisotopic (exact) mass is 255 g/mol. The number of carboxylic acids is 1. The van der Waals surface area contributed by atoms with E-state index in [1.807, 2.05) is 0 Å². The molecule has 2 atom stereocenters. The van der Waals surface area contributed by atoms with Crippen molar-refractivity contribution in [2.24, 2.45) is 5.73 Å². The number of hydrogen-bond acceptors (Lipinski definition) is 3. The van der Waals surface area contributed by atoms with Crippen molar-refractivity contribution in [1.29, 1.82) is 0 Å². The lowest BCUT2D eigenvalue weighted by atomic mass is 10.0. The third-order valence-corrected chi connectivity index (χ3v) is 4.33. The van der Waals surface area contributed by atoms with Crippen LogP contribution in [0.5, 0.6) is 0 Å². The third kappa shape index (κ3) is 2.79. The van der Waals surface area contributed by atoms with Crippen molar-refractivity contribution in [2.45, 2.75) is 34.9 Å². The smallest absolute Gasteiger partial charge is 0.323 e. The Kier molecular flexibility index (Phi) is 3.40. The maximum absolute atomic E-state index is 12.7. The molecular formula is C12H14FNO2S. The van der Waals surface area contributed by atoms with Crippen LogP contribution in [0.2, 0.25) is 0 Å². The molecule has 0 amide bonds. The Labute approximate surface area is 103 Å². The largest absolute Gasteiger partial charge is 0.480 e. The zero-order valence-electron chi connectivity index (χ0n) is 9.23. The molecular weight excluding hydrogens is 241 g/mol. The van der Waals surface area contributed by atoms with Crippen LogP contribution in [0, 0.1) is 5.82 Å². The summed E-state index contributed by atoms with van der Waals surface area (Å²) in [5, 5.41) is 9.20. The first-order chi connectivity index (χ1) is 7.99. The molecule has 0 saturated heterocycles. The van der Waals surface area contributed by atoms with Gasteiger partial charge < -0.3 is 10.8 Å². The summed E-state index contributed by atoms with van der Waals surface area (Å²) in [4.78, 5) is 11.9. The van der Waals surface area contributed by atoms with Crippen LogP contribution in [-0.2, 0) is 4.79 Å². The van der Waals surface area contributed by atoms with Crippen molar-refractivity contribution in [2.75, 3.05) is 0 Å². The van der Waals surface area contributed by atoms with Crippen LogP contribution in [0.3, 0.4) is 0 Å². The van der Waals surface area contributed by atoms with E-state index in [0.29, 0.717) is 12.8 Å². The summed E-state index contributed by atoms with van der Waals surface area (Å²) in [5.41, 5.74) is 4.71. The van der Waals surface area contributed by atoms with Crippen molar-refractivity contribution >= 4 is 17.7 Å². The Balaban J connectivity index is 1.98. The molecule has 0 spiro atoms. The molecule has 1 saturated carbocycles. The van der Waals surface area contributed by atoms with Crippen molar-refractivity contribution in [3.63, 3.8) is 0 Å². The van der Waals surface area contributed by atoms with E-state index in [-0.39, 0.29) is 11.1 Å². The lowest BCUT2D eigenvalue weighted by Crippen LogP contribution is -2.45. The molecule has 1 aromatic carbocycles. The van der Waals surface area contributed by atoms with Gasteiger partial charge in [-0.1, -0.05) is 0 Å². The van der Waals surface area contributed by atoms with Crippen LogP contribution in [0.15, 0.2) is 29.2 Å². The summed E-state index contributed by atoms with van der Waals surface area (Å²) in [6.07, 6.45) is 1.75. The van der Waals surface area contributed by atoms with Gasteiger partial charge in [0.1, 0.15) is 11.4 Å². The second-order valence-electron chi connectivity index (χ2n) is 4.40. The minimum Gasteiger partial charge on any atom is -0.480 e. The molecule has 1 fully saturated rings. The molecule has 0 radical (unpaired) electrons. The molecule has 2 unspecified atom stereocenters. The van der Waals surface area contributed by atoms with Gasteiger partial charge in [-0.25, -0.2) is 4.39 Å². The number of hydrogen-bond donors (Lipinski definition) is 2. The summed E-state index contributed by atoms with van der Waals surface area (Å²) >= 11 is 1.57. The fourth-order valence-electron chi connectivity index (χ4n) is 2.03. The molecule has 0 aliphatic heterocycles. The van der Waals surface area contributed by atoms with E-state index in [0.717, 1.165) is 11.3 Å². The summed E-state index contributed by atoms with van der Waals surface area (Å²) < 4.78 is 12.7. The molecule has 0 bridgehead atoms. The lowest BCUT2D eigenvalue weighted by molar-refractivity contribution is -0.143. The Morgan fingerprint density at radius 2 is 2.12 bits per heavy atom. The number of halogens is 1. The number of aliphatic carboxylic acids is 1. The van der Waals surface area contributed by atoms with Crippen molar-refractivity contribution in [1.82, 2.24) is 0 Å². The van der Waals surface area contributed by atoms with Gasteiger partial charge in [-0.2, -0.15) is 0 Å². The quantitative estimate of drug-likeness (QED) is 0.869. The molecule has 0 heterocycles. The number of carboxylic acid groups (broad SMARTS) is 1. The highest BCUT2D eigenvalue weighted by atomic mass is 32.2. The van der Waals surface area contributed by atoms with Gasteiger partial charge in [-0.05, 0) is 43.5 Å². The van der Waals surface area contributed by atoms with Crippen molar-refractivity contribution in [3.05, 3.63) is 30.1 Å². The Morgan fingerprint density at radius 1 is 1.47 bits per heavy atom. The summed E-state index contributed by atoms with van der Waals surface area (Å²) in [6.45, 7) is 0. The fourth-order valence-corrected chi connectivity index (χ4v) is 3.32. The molecule has 1 aromatic rings. The van der Waals surface area contributed by atoms with E-state index < -0.39 is 11.5 Å². The molecule has 3 nitrogen and oxygen atoms in total. The minimum atomic E-state index is -1.09. The van der Waals surface area contributed by atoms with E-state index in [9.17, 15) is 9.18 Å². The summed E-state index contributed by atoms with van der Waals surface area (Å²) in [6, 6.07) is 6.23. The molecule has 17 heavy (non-hydrogen) atoms. The van der Waals surface area contributed by atoms with Gasteiger partial charge >= 0.3 is 5.97 Å². The van der Waals surface area contributed by atoms with Gasteiger partial charge in [0.05, 0.1) is 0 Å². The van der Waals surface area contributed by atoms with Crippen molar-refractivity contribution in [3.8, 4) is 0 Å². The summed E-state index contributed by atoms with van der Waals surface area (Å²) in [7, 11) is 0. The average Bonchev–Trinajstić information content (AvgIpc) is 2.65. The molecule has 3 N–H and O–H groups in total. The second-order valence-corrected chi connectivity index (χ2v) is 5.77. The van der Waals surface area contributed by atoms with E-state index >= 15 is 0 Å². The molecule has 1 aliphatic rings. The SMILES string of the molecule is NC1(C(=O)O)CCC(Sc2ccc(F)cc2)C1. The van der Waals surface area contributed by atoms with E-state index in [2.05, 4.69) is 0 Å². The van der Waals surface area contributed by atoms with Gasteiger partial charge in [0.2, 0.25) is 0 Å². The topological polar surface area (TPSA) is 63.3 Å². The Hall–Kier alpha value is -1.07. The highest BCUT2D eigenvalue weighted by Crippen LogP contribution is 2.39. The normalized spacial score (nSPS) is 28.2. The van der Waals surface area contributed by atoms with Crippen LogP contribution in [0.1, 0.15) is 19.3 Å². The van der Waals surface area contributed by atoms with Crippen LogP contribution in [0.4, 0.5) is 4.39 Å². The maximum Gasteiger partial charge on any atom is 0.323 e. The highest BCUT2D eigenvalue weighted by molar-refractivity contribution is 8.00. The van der Waals surface area contributed by atoms with Crippen LogP contribution in [0.25, 0.3) is 0 Å². The number of thioether (sulfide) groups is 1. The van der Waals surface area contributed by atoms with Crippen LogP contribution < -0.4 is 5.73 Å². The fraction of sp³-hybridized carbons (Fsp3) is 0.417. The van der Waals surface area contributed by atoms with Crippen LogP contribution in [-0.4, -0.2) is 21.9 Å². The average molecular weight is 255 g/mol. The first kappa shape index (κ1) is 12.4. The number of nitrogens with two attached hydrogens (primary N) is 1. The molecule has 2 rings (SSSR count). The van der Waals surface area contributed by atoms with Gasteiger partial charge in [0.25, 0.3) is 0 Å². The highest BCUT2D eigenvalue weighted by Gasteiger charge is 2.42. The van der Waals surface area contributed by atoms with Gasteiger partial charge in [-0.3, -0.25) is 4.79 Å². The number of rotatable bonds is 3. The number of benzene rings is 1. The Morgan fingerprint density at radius 3 is 2.65 bits per heavy atom. The first-order valence-electron chi connectivity index (χ1n) is 5.44. The predicted octanol–water partition coefficient (Wildman–Crippen LogP) is 2.25. The third-order valence-electron chi connectivity index (χ3n) is 3.05. The predicted molar refractivity (Wildman–Crippen MR) is 64.5 cm³/mol. The first-order valence-corrected chi connectivity index (χ1v) is 6.32. The maximum atomic E-state index is 12.7. The zero-order chi connectivity index (χ0) is 12.5. The van der Waals surface area contributed by atoms with Crippen molar-refractivity contribution < 1.29 is 14.3 Å². The van der Waals surface area contributed by atoms with E-state index in [4.69, 9.17) is 10.8 Å². The molecule has 1 aliphatic carbocycles. The minimum absolute atomic E-state index is 0.196. The van der Waals surface area contributed by atoms with Crippen LogP contribution >= 0.6 is 11.8 Å². The van der Waals surface area contributed by atoms with Gasteiger partial charge in [0.15, 0.2) is 0 Å². The van der Waals surface area contributed by atoms with E-state index in [1.54, 1.807) is 23.9 Å². The molecule has 5 heteroatoms. The molecule has 92 valence electrons. The number of carbonyl (C=O) groups is 1. The second kappa shape index (κ2) is 4.66. The molecule has 0 aromatic heterocycles. The van der Waals surface area contributed by atoms with Gasteiger partial charge in [0, 0.05) is 10.1 Å². The van der Waals surface area contributed by atoms with E-state index in [1.165, 1.54) is 12.1 Å². The van der Waals surface area contributed by atoms with Gasteiger partial charge in [-0.15, -0.1) is 11.8 Å². The zero-order valence-corrected chi connectivity index (χ0v) is 10.0. The standard InChI is InChI=1S/C12H14FNO2S/c13-8-1-3-9(4-2-8)17-10-5-6-12(14,7-10)11(15)16/h1-4,10H,5-7,14H2,(H,15,16). The lowest BCUT2D eigenvalue weighted by Gasteiger charge is -2.17. The Bertz CT molecular complexity index is 423.